The Morgan fingerprint density at radius 3 is 2.48 bits per heavy atom. The monoisotopic (exact) mass is 663 g/mol. The normalized spacial score (nSPS) is 27.6. The second kappa shape index (κ2) is 13.0. The van der Waals surface area contributed by atoms with E-state index in [9.17, 15) is 19.5 Å². The van der Waals surface area contributed by atoms with Gasteiger partial charge in [0.2, 0.25) is 11.8 Å². The molecule has 3 heterocycles. The summed E-state index contributed by atoms with van der Waals surface area (Å²) in [5.41, 5.74) is 2.36. The van der Waals surface area contributed by atoms with Crippen molar-refractivity contribution in [2.45, 2.75) is 68.8 Å². The van der Waals surface area contributed by atoms with Crippen molar-refractivity contribution in [2.75, 3.05) is 24.6 Å². The summed E-state index contributed by atoms with van der Waals surface area (Å²) in [5, 5.41) is 10.5. The molecule has 3 aliphatic heterocycles. The Hall–Kier alpha value is -3.27. The van der Waals surface area contributed by atoms with Gasteiger partial charge >= 0.3 is 0 Å². The fourth-order valence-electron chi connectivity index (χ4n) is 7.43. The van der Waals surface area contributed by atoms with Crippen molar-refractivity contribution in [3.8, 4) is 0 Å². The Kier molecular flexibility index (Phi) is 9.49. The van der Waals surface area contributed by atoms with Gasteiger partial charge in [0.1, 0.15) is 11.6 Å². The molecule has 1 spiro atoms. The number of aliphatic hydroxyl groups is 1. The largest absolute Gasteiger partial charge is 0.394 e. The van der Waals surface area contributed by atoms with Crippen molar-refractivity contribution in [1.82, 2.24) is 9.80 Å². The highest BCUT2D eigenvalue weighted by atomic mass is 79.9. The van der Waals surface area contributed by atoms with E-state index in [0.717, 1.165) is 22.4 Å². The minimum absolute atomic E-state index is 0.203. The van der Waals surface area contributed by atoms with E-state index < -0.39 is 35.6 Å². The van der Waals surface area contributed by atoms with Crippen molar-refractivity contribution in [2.24, 2.45) is 11.8 Å². The van der Waals surface area contributed by atoms with Crippen molar-refractivity contribution in [3.05, 3.63) is 90.5 Å². The Morgan fingerprint density at radius 2 is 1.84 bits per heavy atom. The number of carbonyl (C=O) groups excluding carboxylic acids is 3. The average molecular weight is 665 g/mol. The number of hydrogen-bond acceptors (Lipinski definition) is 5. The lowest BCUT2D eigenvalue weighted by Crippen LogP contribution is -2.59. The molecule has 3 fully saturated rings. The number of aryl methyl sites for hydroxylation is 2. The van der Waals surface area contributed by atoms with Gasteiger partial charge in [-0.2, -0.15) is 0 Å². The van der Waals surface area contributed by atoms with E-state index in [2.05, 4.69) is 29.1 Å². The summed E-state index contributed by atoms with van der Waals surface area (Å²) >= 11 is 3.78. The Bertz CT molecular complexity index is 1430. The Balaban J connectivity index is 1.60. The summed E-state index contributed by atoms with van der Waals surface area (Å²) in [4.78, 5) is 48.6. The topological polar surface area (TPSA) is 90.4 Å². The number of benzene rings is 2. The minimum Gasteiger partial charge on any atom is -0.394 e. The van der Waals surface area contributed by atoms with Crippen LogP contribution in [0.4, 0.5) is 5.69 Å². The molecule has 0 saturated carbocycles. The van der Waals surface area contributed by atoms with Gasteiger partial charge in [-0.1, -0.05) is 77.5 Å². The molecule has 0 radical (unpaired) electrons. The van der Waals surface area contributed by atoms with Gasteiger partial charge in [0.15, 0.2) is 0 Å². The number of likely N-dealkylation sites (tertiary alicyclic amines) is 1. The highest BCUT2D eigenvalue weighted by Gasteiger charge is 2.77. The van der Waals surface area contributed by atoms with Crippen LogP contribution in [0.1, 0.15) is 36.5 Å². The molecule has 7 atom stereocenters. The predicted molar refractivity (Wildman–Crippen MR) is 174 cm³/mol. The first kappa shape index (κ1) is 32.1. The fourth-order valence-corrected chi connectivity index (χ4v) is 8.38. The third kappa shape index (κ3) is 5.33. The van der Waals surface area contributed by atoms with Crippen LogP contribution in [-0.2, 0) is 25.7 Å². The predicted octanol–water partition coefficient (Wildman–Crippen LogP) is 4.56. The Morgan fingerprint density at radius 1 is 1.14 bits per heavy atom. The van der Waals surface area contributed by atoms with Gasteiger partial charge < -0.3 is 24.5 Å². The molecule has 1 N–H and O–H groups in total. The van der Waals surface area contributed by atoms with Crippen LogP contribution in [0.3, 0.4) is 0 Å². The standard InChI is InChI=1S/C35H42BrN3O5/c1-6-16-37(20-24-12-10-9-11-13-24)32(41)28-29-33(42)39(25(8-3)21-40)31(35(29)19-26(36)30(28)44-35)34(43)38(17-7-2)27-18-22(4)14-15-23(27)5/h6-7,9-15,18,25-26,28-31,40H,1-2,8,16-17,19-21H2,3-5H3/t25-,26?,28-,29-,30-,31?,35?/m0/s1. The first-order valence-corrected chi connectivity index (χ1v) is 16.2. The SMILES string of the molecule is C=CCN(Cc1ccccc1)C(=O)[C@H]1[C@H]2C(=O)N([C@@H](CC)CO)C(C(=O)N(CC=C)c3cc(C)ccc3C)C23CC(Br)[C@@H]1O3. The molecule has 3 aliphatic rings. The number of halogens is 1. The van der Waals surface area contributed by atoms with Crippen molar-refractivity contribution < 1.29 is 24.2 Å². The number of anilines is 1. The molecule has 5 rings (SSSR count). The van der Waals surface area contributed by atoms with E-state index in [1.54, 1.807) is 22.0 Å². The number of hydrogen-bond donors (Lipinski definition) is 1. The maximum absolute atomic E-state index is 14.9. The van der Waals surface area contributed by atoms with Crippen LogP contribution in [-0.4, -0.2) is 80.9 Å². The summed E-state index contributed by atoms with van der Waals surface area (Å²) in [6.45, 7) is 14.2. The second-order valence-corrected chi connectivity index (χ2v) is 13.4. The van der Waals surface area contributed by atoms with Gasteiger partial charge in [-0.15, -0.1) is 13.2 Å². The zero-order chi connectivity index (χ0) is 31.8. The van der Waals surface area contributed by atoms with Crippen LogP contribution in [0, 0.1) is 25.7 Å². The molecule has 3 unspecified atom stereocenters. The number of carbonyl (C=O) groups is 3. The van der Waals surface area contributed by atoms with Gasteiger partial charge in [-0.05, 0) is 49.4 Å². The van der Waals surface area contributed by atoms with Crippen LogP contribution < -0.4 is 4.90 Å². The maximum atomic E-state index is 14.9. The van der Waals surface area contributed by atoms with Crippen LogP contribution in [0.15, 0.2) is 73.8 Å². The molecule has 2 bridgehead atoms. The molecule has 2 aromatic rings. The van der Waals surface area contributed by atoms with Gasteiger partial charge in [-0.25, -0.2) is 0 Å². The quantitative estimate of drug-likeness (QED) is 0.266. The molecule has 0 aromatic heterocycles. The zero-order valence-corrected chi connectivity index (χ0v) is 27.3. The van der Waals surface area contributed by atoms with E-state index >= 15 is 0 Å². The number of nitrogens with zero attached hydrogens (tertiary/aromatic N) is 3. The summed E-state index contributed by atoms with van der Waals surface area (Å²) in [5.74, 6) is -2.49. The second-order valence-electron chi connectivity index (χ2n) is 12.2. The van der Waals surface area contributed by atoms with Gasteiger partial charge in [0, 0.05) is 30.1 Å². The molecule has 234 valence electrons. The van der Waals surface area contributed by atoms with Crippen LogP contribution in [0.5, 0.6) is 0 Å². The third-order valence-corrected chi connectivity index (χ3v) is 10.3. The summed E-state index contributed by atoms with van der Waals surface area (Å²) in [7, 11) is 0. The van der Waals surface area contributed by atoms with Gasteiger partial charge in [0.25, 0.3) is 5.91 Å². The molecule has 3 amide bonds. The summed E-state index contributed by atoms with van der Waals surface area (Å²) in [6, 6.07) is 14.0. The third-order valence-electron chi connectivity index (χ3n) is 9.43. The first-order chi connectivity index (χ1) is 21.1. The maximum Gasteiger partial charge on any atom is 0.253 e. The van der Waals surface area contributed by atoms with Crippen LogP contribution in [0.2, 0.25) is 0 Å². The molecule has 2 aromatic carbocycles. The molecule has 0 aliphatic carbocycles. The Labute approximate surface area is 268 Å². The highest BCUT2D eigenvalue weighted by Crippen LogP contribution is 2.61. The first-order valence-electron chi connectivity index (χ1n) is 15.3. The summed E-state index contributed by atoms with van der Waals surface area (Å²) < 4.78 is 6.76. The van der Waals surface area contributed by atoms with E-state index in [4.69, 9.17) is 4.74 Å². The van der Waals surface area contributed by atoms with Crippen molar-refractivity contribution >= 4 is 39.3 Å². The molecule has 8 nitrogen and oxygen atoms in total. The lowest BCUT2D eigenvalue weighted by molar-refractivity contribution is -0.147. The smallest absolute Gasteiger partial charge is 0.253 e. The van der Waals surface area contributed by atoms with E-state index in [-0.39, 0.29) is 35.7 Å². The molecule has 44 heavy (non-hydrogen) atoms. The van der Waals surface area contributed by atoms with E-state index in [0.29, 0.717) is 25.9 Å². The number of rotatable bonds is 12. The fraction of sp³-hybridized carbons (Fsp3) is 0.457. The highest BCUT2D eigenvalue weighted by molar-refractivity contribution is 9.09. The van der Waals surface area contributed by atoms with Crippen molar-refractivity contribution in [3.63, 3.8) is 0 Å². The number of fused-ring (bicyclic) bond motifs is 1. The van der Waals surface area contributed by atoms with E-state index in [1.807, 2.05) is 69.3 Å². The lowest BCUT2D eigenvalue weighted by atomic mass is 9.70. The number of amides is 3. The van der Waals surface area contributed by atoms with Crippen LogP contribution in [0.25, 0.3) is 0 Å². The average Bonchev–Trinajstić information content (AvgIpc) is 3.61. The van der Waals surface area contributed by atoms with Crippen molar-refractivity contribution in [1.29, 1.82) is 0 Å². The molecule has 9 heteroatoms. The minimum atomic E-state index is -1.24. The van der Waals surface area contributed by atoms with E-state index in [1.165, 1.54) is 4.90 Å². The number of ether oxygens (including phenoxy) is 1. The van der Waals surface area contributed by atoms with Gasteiger partial charge in [0.05, 0.1) is 30.6 Å². The summed E-state index contributed by atoms with van der Waals surface area (Å²) in [6.07, 6.45) is 3.60. The van der Waals surface area contributed by atoms with Gasteiger partial charge in [-0.3, -0.25) is 14.4 Å². The zero-order valence-electron chi connectivity index (χ0n) is 25.7. The van der Waals surface area contributed by atoms with Crippen LogP contribution >= 0.6 is 15.9 Å². The number of alkyl halides is 1. The molecular formula is C35H42BrN3O5. The molecule has 3 saturated heterocycles. The lowest BCUT2D eigenvalue weighted by Gasteiger charge is -2.39. The number of aliphatic hydroxyl groups excluding tert-OH is 1. The molecular weight excluding hydrogens is 622 g/mol.